The van der Waals surface area contributed by atoms with Crippen LogP contribution in [0.1, 0.15) is 393 Å². The quantitative estimate of drug-likeness (QED) is 0.0485. The second-order valence-corrected chi connectivity index (χ2v) is 22.9. The van der Waals surface area contributed by atoms with Crippen molar-refractivity contribution in [3.8, 4) is 0 Å². The van der Waals surface area contributed by atoms with Crippen molar-refractivity contribution < 1.29 is 24.2 Å². The molecule has 0 saturated carbocycles. The molecular weight excluding hydrogens is 873 g/mol. The first-order valence-corrected chi connectivity index (χ1v) is 33.1. The van der Waals surface area contributed by atoms with E-state index in [4.69, 9.17) is 9.47 Å². The number of aliphatic hydroxyl groups excluding tert-OH is 1. The molecule has 0 amide bonds. The third-order valence-corrected chi connectivity index (χ3v) is 15.7. The number of carbonyl (C=O) groups excluding carboxylic acids is 2. The minimum atomic E-state index is -0.765. The fourth-order valence-electron chi connectivity index (χ4n) is 10.7. The Bertz CT molecular complexity index is 999. The summed E-state index contributed by atoms with van der Waals surface area (Å²) in [4.78, 5) is 24.6. The predicted molar refractivity (Wildman–Crippen MR) is 312 cm³/mol. The van der Waals surface area contributed by atoms with Gasteiger partial charge in [0.1, 0.15) is 6.61 Å². The van der Waals surface area contributed by atoms with E-state index in [1.807, 2.05) is 0 Å². The van der Waals surface area contributed by atoms with Crippen LogP contribution in [0.3, 0.4) is 0 Å². The molecule has 0 aliphatic carbocycles. The lowest BCUT2D eigenvalue weighted by Gasteiger charge is -2.15. The van der Waals surface area contributed by atoms with Crippen molar-refractivity contribution >= 4 is 11.9 Å². The second kappa shape index (κ2) is 63.2. The first-order chi connectivity index (χ1) is 35.1. The Morgan fingerprint density at radius 2 is 0.437 bits per heavy atom. The van der Waals surface area contributed by atoms with Gasteiger partial charge < -0.3 is 14.6 Å². The third-order valence-electron chi connectivity index (χ3n) is 15.7. The second-order valence-electron chi connectivity index (χ2n) is 22.9. The lowest BCUT2D eigenvalue weighted by molar-refractivity contribution is -0.161. The van der Waals surface area contributed by atoms with Crippen molar-refractivity contribution in [1.29, 1.82) is 0 Å². The van der Waals surface area contributed by atoms with Gasteiger partial charge >= 0.3 is 11.9 Å². The fraction of sp³-hybridized carbons (Fsp3) is 0.970. The molecule has 424 valence electrons. The zero-order valence-corrected chi connectivity index (χ0v) is 48.8. The molecule has 5 nitrogen and oxygen atoms in total. The summed E-state index contributed by atoms with van der Waals surface area (Å²) in [5.41, 5.74) is 0. The van der Waals surface area contributed by atoms with Crippen molar-refractivity contribution in [3.63, 3.8) is 0 Å². The van der Waals surface area contributed by atoms with Gasteiger partial charge in [-0.05, 0) is 12.8 Å². The molecule has 0 saturated heterocycles. The molecule has 0 radical (unpaired) electrons. The topological polar surface area (TPSA) is 72.8 Å². The van der Waals surface area contributed by atoms with Gasteiger partial charge in [-0.1, -0.05) is 367 Å². The highest BCUT2D eigenvalue weighted by molar-refractivity contribution is 5.70. The van der Waals surface area contributed by atoms with E-state index in [9.17, 15) is 14.7 Å². The summed E-state index contributed by atoms with van der Waals surface area (Å²) in [5.74, 6) is -0.559. The Hall–Kier alpha value is -1.10. The van der Waals surface area contributed by atoms with Crippen LogP contribution in [-0.2, 0) is 19.1 Å². The number of hydrogen-bond donors (Lipinski definition) is 1. The number of hydrogen-bond acceptors (Lipinski definition) is 5. The maximum Gasteiger partial charge on any atom is 0.306 e. The molecule has 1 atom stereocenters. The van der Waals surface area contributed by atoms with Crippen LogP contribution in [0, 0.1) is 0 Å². The standard InChI is InChI=1S/C66H130O5/c1-3-5-7-9-11-13-15-17-19-21-23-25-27-29-31-32-33-35-37-39-41-43-45-47-49-51-53-55-57-59-61-66(69)71-64(62-67)63-70-65(68)60-58-56-54-52-50-48-46-44-42-40-38-36-34-30-28-26-24-22-20-18-16-14-12-10-8-6-4-2/h64,67H,3-63H2,1-2H3. The molecule has 71 heavy (non-hydrogen) atoms. The van der Waals surface area contributed by atoms with Crippen LogP contribution in [0.25, 0.3) is 0 Å². The third kappa shape index (κ3) is 61.3. The molecule has 0 heterocycles. The summed E-state index contributed by atoms with van der Waals surface area (Å²) in [7, 11) is 0. The molecule has 1 N–H and O–H groups in total. The highest BCUT2D eigenvalue weighted by Crippen LogP contribution is 2.19. The van der Waals surface area contributed by atoms with Crippen LogP contribution in [-0.4, -0.2) is 36.4 Å². The summed E-state index contributed by atoms with van der Waals surface area (Å²) >= 11 is 0. The highest BCUT2D eigenvalue weighted by Gasteiger charge is 2.16. The van der Waals surface area contributed by atoms with Gasteiger partial charge in [0, 0.05) is 12.8 Å². The first kappa shape index (κ1) is 69.9. The van der Waals surface area contributed by atoms with Gasteiger partial charge in [-0.15, -0.1) is 0 Å². The van der Waals surface area contributed by atoms with E-state index >= 15 is 0 Å². The van der Waals surface area contributed by atoms with E-state index in [0.717, 1.165) is 32.1 Å². The maximum atomic E-state index is 12.3. The normalized spacial score (nSPS) is 12.0. The Balaban J connectivity index is 3.36. The molecule has 0 rings (SSSR count). The number of aliphatic hydroxyl groups is 1. The Labute approximate surface area is 446 Å². The monoisotopic (exact) mass is 1000 g/mol. The average molecular weight is 1000 g/mol. The molecule has 0 aromatic rings. The summed E-state index contributed by atoms with van der Waals surface area (Å²) in [6.45, 7) is 4.22. The fourth-order valence-corrected chi connectivity index (χ4v) is 10.7. The van der Waals surface area contributed by atoms with Crippen molar-refractivity contribution in [1.82, 2.24) is 0 Å². The van der Waals surface area contributed by atoms with E-state index in [2.05, 4.69) is 13.8 Å². The molecule has 5 heteroatoms. The van der Waals surface area contributed by atoms with Crippen LogP contribution in [0.15, 0.2) is 0 Å². The van der Waals surface area contributed by atoms with Crippen LogP contribution in [0.2, 0.25) is 0 Å². The molecule has 1 unspecified atom stereocenters. The number of ether oxygens (including phenoxy) is 2. The molecule has 0 aromatic heterocycles. The number of carbonyl (C=O) groups is 2. The van der Waals surface area contributed by atoms with Crippen molar-refractivity contribution in [2.24, 2.45) is 0 Å². The molecule has 0 spiro atoms. The summed E-state index contributed by atoms with van der Waals surface area (Å²) in [5, 5.41) is 9.69. The van der Waals surface area contributed by atoms with Gasteiger partial charge in [0.25, 0.3) is 0 Å². The van der Waals surface area contributed by atoms with Crippen LogP contribution in [0.5, 0.6) is 0 Å². The largest absolute Gasteiger partial charge is 0.462 e. The molecule has 0 bridgehead atoms. The van der Waals surface area contributed by atoms with E-state index in [1.165, 1.54) is 334 Å². The number of rotatable bonds is 63. The number of unbranched alkanes of at least 4 members (excludes halogenated alkanes) is 55. The molecular formula is C66H130O5. The van der Waals surface area contributed by atoms with Gasteiger partial charge in [0.2, 0.25) is 0 Å². The van der Waals surface area contributed by atoms with Gasteiger partial charge in [-0.3, -0.25) is 9.59 Å². The Kier molecular flexibility index (Phi) is 62.2. The Morgan fingerprint density at radius 1 is 0.268 bits per heavy atom. The van der Waals surface area contributed by atoms with Gasteiger partial charge in [-0.2, -0.15) is 0 Å². The lowest BCUT2D eigenvalue weighted by atomic mass is 10.0. The smallest absolute Gasteiger partial charge is 0.306 e. The van der Waals surface area contributed by atoms with E-state index in [-0.39, 0.29) is 25.2 Å². The van der Waals surface area contributed by atoms with Gasteiger partial charge in [0.05, 0.1) is 6.61 Å². The average Bonchev–Trinajstić information content (AvgIpc) is 3.37. The van der Waals surface area contributed by atoms with E-state index < -0.39 is 6.10 Å². The zero-order chi connectivity index (χ0) is 51.3. The van der Waals surface area contributed by atoms with Crippen LogP contribution < -0.4 is 0 Å². The van der Waals surface area contributed by atoms with E-state index in [1.54, 1.807) is 0 Å². The Morgan fingerprint density at radius 3 is 0.620 bits per heavy atom. The van der Waals surface area contributed by atoms with Gasteiger partial charge in [-0.25, -0.2) is 0 Å². The highest BCUT2D eigenvalue weighted by atomic mass is 16.6. The molecule has 0 aliphatic rings. The summed E-state index contributed by atoms with van der Waals surface area (Å²) in [6.07, 6.45) is 78.5. The van der Waals surface area contributed by atoms with Crippen molar-refractivity contribution in [2.75, 3.05) is 13.2 Å². The molecule has 0 aliphatic heterocycles. The molecule has 0 fully saturated rings. The van der Waals surface area contributed by atoms with Crippen molar-refractivity contribution in [3.05, 3.63) is 0 Å². The van der Waals surface area contributed by atoms with Crippen molar-refractivity contribution in [2.45, 2.75) is 399 Å². The van der Waals surface area contributed by atoms with Crippen LogP contribution >= 0.6 is 0 Å². The minimum Gasteiger partial charge on any atom is -0.462 e. The zero-order valence-electron chi connectivity index (χ0n) is 48.8. The summed E-state index contributed by atoms with van der Waals surface area (Å²) in [6, 6.07) is 0. The van der Waals surface area contributed by atoms with E-state index in [0.29, 0.717) is 12.8 Å². The lowest BCUT2D eigenvalue weighted by Crippen LogP contribution is -2.28. The maximum absolute atomic E-state index is 12.3. The molecule has 0 aromatic carbocycles. The minimum absolute atomic E-state index is 0.0554. The predicted octanol–water partition coefficient (Wildman–Crippen LogP) is 22.5. The SMILES string of the molecule is CCCCCCCCCCCCCCCCCCCCCCCCCCCCCCCCC(=O)OC(CO)COC(=O)CCCCCCCCCCCCCCCCCCCCCCCCCCCCC. The van der Waals surface area contributed by atoms with Crippen LogP contribution in [0.4, 0.5) is 0 Å². The number of esters is 2. The summed E-state index contributed by atoms with van der Waals surface area (Å²) < 4.78 is 10.8. The first-order valence-electron chi connectivity index (χ1n) is 33.1. The van der Waals surface area contributed by atoms with Gasteiger partial charge in [0.15, 0.2) is 6.10 Å².